The zero-order chi connectivity index (χ0) is 14.6. The first-order chi connectivity index (χ1) is 9.57. The normalized spacial score (nSPS) is 18.5. The molecule has 1 aromatic rings. The number of hydrogen-bond acceptors (Lipinski definition) is 5. The molecule has 0 radical (unpaired) electrons. The molecule has 1 aliphatic heterocycles. The van der Waals surface area contributed by atoms with E-state index in [1.807, 2.05) is 6.92 Å². The van der Waals surface area contributed by atoms with E-state index in [-0.39, 0.29) is 6.10 Å². The predicted molar refractivity (Wildman–Crippen MR) is 80.5 cm³/mol. The molecule has 1 N–H and O–H groups in total. The topological polar surface area (TPSA) is 58.6 Å². The summed E-state index contributed by atoms with van der Waals surface area (Å²) < 4.78 is 31.9. The summed E-state index contributed by atoms with van der Waals surface area (Å²) in [7, 11) is -1.66. The Morgan fingerprint density at radius 1 is 1.45 bits per heavy atom. The first kappa shape index (κ1) is 15.9. The van der Waals surface area contributed by atoms with Gasteiger partial charge in [-0.25, -0.2) is 8.42 Å². The van der Waals surface area contributed by atoms with Crippen molar-refractivity contribution in [1.82, 2.24) is 9.62 Å². The quantitative estimate of drug-likeness (QED) is 0.866. The standard InChI is InChI=1S/C13H22N2O3S2/c1-3-14-9-12-8-13(10-19-12)20(16,17)15-6-4-11(18-2)5-7-15/h8,10-11,14H,3-7,9H2,1-2H3. The van der Waals surface area contributed by atoms with Gasteiger partial charge in [-0.05, 0) is 25.5 Å². The van der Waals surface area contributed by atoms with Crippen molar-refractivity contribution in [2.45, 2.75) is 37.3 Å². The molecule has 1 fully saturated rings. The molecule has 0 aromatic carbocycles. The number of nitrogens with one attached hydrogen (secondary N) is 1. The summed E-state index contributed by atoms with van der Waals surface area (Å²) in [6.07, 6.45) is 1.72. The van der Waals surface area contributed by atoms with E-state index in [2.05, 4.69) is 5.32 Å². The highest BCUT2D eigenvalue weighted by atomic mass is 32.2. The fourth-order valence-electron chi connectivity index (χ4n) is 2.29. The third-order valence-electron chi connectivity index (χ3n) is 3.55. The van der Waals surface area contributed by atoms with E-state index < -0.39 is 10.0 Å². The average Bonchev–Trinajstić information content (AvgIpc) is 2.94. The Morgan fingerprint density at radius 3 is 2.75 bits per heavy atom. The SMILES string of the molecule is CCNCc1cc(S(=O)(=O)N2CCC(OC)CC2)cs1. The van der Waals surface area contributed by atoms with Gasteiger partial charge in [-0.2, -0.15) is 4.31 Å². The molecule has 0 bridgehead atoms. The third kappa shape index (κ3) is 3.59. The highest BCUT2D eigenvalue weighted by Gasteiger charge is 2.29. The van der Waals surface area contributed by atoms with Crippen molar-refractivity contribution in [3.63, 3.8) is 0 Å². The molecular weight excluding hydrogens is 296 g/mol. The maximum Gasteiger partial charge on any atom is 0.243 e. The molecular formula is C13H22N2O3S2. The van der Waals surface area contributed by atoms with E-state index in [1.54, 1.807) is 22.9 Å². The highest BCUT2D eigenvalue weighted by molar-refractivity contribution is 7.89. The Kier molecular flexibility index (Phi) is 5.57. The van der Waals surface area contributed by atoms with Crippen LogP contribution in [0.5, 0.6) is 0 Å². The van der Waals surface area contributed by atoms with Gasteiger partial charge in [0.1, 0.15) is 0 Å². The molecule has 0 unspecified atom stereocenters. The number of piperidine rings is 1. The molecule has 5 nitrogen and oxygen atoms in total. The summed E-state index contributed by atoms with van der Waals surface area (Å²) in [5.41, 5.74) is 0. The van der Waals surface area contributed by atoms with Gasteiger partial charge in [0, 0.05) is 37.0 Å². The minimum absolute atomic E-state index is 0.188. The Labute approximate surface area is 125 Å². The summed E-state index contributed by atoms with van der Waals surface area (Å²) in [6.45, 7) is 4.72. The Balaban J connectivity index is 2.04. The van der Waals surface area contributed by atoms with Gasteiger partial charge in [-0.15, -0.1) is 11.3 Å². The summed E-state index contributed by atoms with van der Waals surface area (Å²) >= 11 is 1.49. The molecule has 1 aromatic heterocycles. The number of rotatable bonds is 6. The number of ether oxygens (including phenoxy) is 1. The highest BCUT2D eigenvalue weighted by Crippen LogP contribution is 2.25. The minimum Gasteiger partial charge on any atom is -0.381 e. The second kappa shape index (κ2) is 7.00. The van der Waals surface area contributed by atoms with Crippen LogP contribution in [0.2, 0.25) is 0 Å². The van der Waals surface area contributed by atoms with Crippen molar-refractivity contribution in [2.24, 2.45) is 0 Å². The molecule has 1 saturated heterocycles. The third-order valence-corrected chi connectivity index (χ3v) is 6.51. The van der Waals surface area contributed by atoms with Gasteiger partial charge in [-0.1, -0.05) is 6.92 Å². The predicted octanol–water partition coefficient (Wildman–Crippen LogP) is 1.66. The molecule has 20 heavy (non-hydrogen) atoms. The van der Waals surface area contributed by atoms with Crippen LogP contribution in [0.3, 0.4) is 0 Å². The van der Waals surface area contributed by atoms with Crippen molar-refractivity contribution < 1.29 is 13.2 Å². The lowest BCUT2D eigenvalue weighted by Crippen LogP contribution is -2.40. The van der Waals surface area contributed by atoms with E-state index in [0.717, 1.165) is 30.8 Å². The molecule has 0 aliphatic carbocycles. The van der Waals surface area contributed by atoms with Crippen LogP contribution in [0.4, 0.5) is 0 Å². The molecule has 7 heteroatoms. The van der Waals surface area contributed by atoms with Crippen molar-refractivity contribution in [3.05, 3.63) is 16.3 Å². The first-order valence-electron chi connectivity index (χ1n) is 6.89. The minimum atomic E-state index is -3.34. The average molecular weight is 318 g/mol. The van der Waals surface area contributed by atoms with Gasteiger partial charge < -0.3 is 10.1 Å². The fraction of sp³-hybridized carbons (Fsp3) is 0.692. The summed E-state index contributed by atoms with van der Waals surface area (Å²) in [5, 5.41) is 4.95. The monoisotopic (exact) mass is 318 g/mol. The molecule has 0 saturated carbocycles. The van der Waals surface area contributed by atoms with Crippen LogP contribution in [0.1, 0.15) is 24.6 Å². The Hall–Kier alpha value is -0.470. The maximum atomic E-state index is 12.5. The van der Waals surface area contributed by atoms with Gasteiger partial charge in [-0.3, -0.25) is 0 Å². The number of nitrogens with zero attached hydrogens (tertiary/aromatic N) is 1. The van der Waals surface area contributed by atoms with E-state index in [4.69, 9.17) is 4.74 Å². The molecule has 2 heterocycles. The Morgan fingerprint density at radius 2 is 2.15 bits per heavy atom. The van der Waals surface area contributed by atoms with Crippen LogP contribution < -0.4 is 5.32 Å². The fourth-order valence-corrected chi connectivity index (χ4v) is 5.00. The zero-order valence-corrected chi connectivity index (χ0v) is 13.6. The van der Waals surface area contributed by atoms with Gasteiger partial charge >= 0.3 is 0 Å². The zero-order valence-electron chi connectivity index (χ0n) is 12.0. The first-order valence-corrected chi connectivity index (χ1v) is 9.21. The van der Waals surface area contributed by atoms with Crippen LogP contribution in [-0.2, 0) is 21.3 Å². The largest absolute Gasteiger partial charge is 0.381 e. The van der Waals surface area contributed by atoms with Crippen molar-refractivity contribution in [2.75, 3.05) is 26.7 Å². The van der Waals surface area contributed by atoms with E-state index >= 15 is 0 Å². The lowest BCUT2D eigenvalue weighted by molar-refractivity contribution is 0.0604. The number of sulfonamides is 1. The molecule has 1 aliphatic rings. The van der Waals surface area contributed by atoms with E-state index in [0.29, 0.717) is 18.0 Å². The Bertz CT molecular complexity index is 519. The van der Waals surface area contributed by atoms with Crippen molar-refractivity contribution in [3.8, 4) is 0 Å². The van der Waals surface area contributed by atoms with E-state index in [9.17, 15) is 8.42 Å². The number of methoxy groups -OCH3 is 1. The van der Waals surface area contributed by atoms with Gasteiger partial charge in [0.15, 0.2) is 0 Å². The summed E-state index contributed by atoms with van der Waals surface area (Å²) in [5.74, 6) is 0. The smallest absolute Gasteiger partial charge is 0.243 e. The molecule has 0 atom stereocenters. The number of thiophene rings is 1. The molecule has 0 amide bonds. The lowest BCUT2D eigenvalue weighted by atomic mass is 10.1. The summed E-state index contributed by atoms with van der Waals surface area (Å²) in [4.78, 5) is 1.48. The van der Waals surface area contributed by atoms with Crippen molar-refractivity contribution in [1.29, 1.82) is 0 Å². The van der Waals surface area contributed by atoms with Crippen LogP contribution in [0.25, 0.3) is 0 Å². The van der Waals surface area contributed by atoms with Crippen LogP contribution in [0, 0.1) is 0 Å². The number of hydrogen-bond donors (Lipinski definition) is 1. The second-order valence-corrected chi connectivity index (χ2v) is 7.80. The van der Waals surface area contributed by atoms with Crippen LogP contribution in [0.15, 0.2) is 16.3 Å². The van der Waals surface area contributed by atoms with Crippen LogP contribution >= 0.6 is 11.3 Å². The van der Waals surface area contributed by atoms with E-state index in [1.165, 1.54) is 11.3 Å². The lowest BCUT2D eigenvalue weighted by Gasteiger charge is -2.30. The summed E-state index contributed by atoms with van der Waals surface area (Å²) in [6, 6.07) is 1.78. The second-order valence-electron chi connectivity index (χ2n) is 4.87. The van der Waals surface area contributed by atoms with Gasteiger partial charge in [0.2, 0.25) is 10.0 Å². The van der Waals surface area contributed by atoms with Crippen molar-refractivity contribution >= 4 is 21.4 Å². The van der Waals surface area contributed by atoms with Crippen LogP contribution in [-0.4, -0.2) is 45.6 Å². The molecule has 114 valence electrons. The van der Waals surface area contributed by atoms with Gasteiger partial charge in [0.25, 0.3) is 0 Å². The van der Waals surface area contributed by atoms with Gasteiger partial charge in [0.05, 0.1) is 11.0 Å². The maximum absolute atomic E-state index is 12.5. The molecule has 2 rings (SSSR count). The molecule has 0 spiro atoms.